The van der Waals surface area contributed by atoms with Gasteiger partial charge in [-0.25, -0.2) is 0 Å². The van der Waals surface area contributed by atoms with Crippen LogP contribution in [0.2, 0.25) is 0 Å². The van der Waals surface area contributed by atoms with Gasteiger partial charge in [-0.2, -0.15) is 0 Å². The summed E-state index contributed by atoms with van der Waals surface area (Å²) in [5, 5.41) is 19.6. The summed E-state index contributed by atoms with van der Waals surface area (Å²) < 4.78 is 0. The van der Waals surface area contributed by atoms with Crippen molar-refractivity contribution >= 4 is 5.57 Å². The standard InChI is InChI=1S/C16H23NO2/c18-13-15(14-7-3-1-4-8-14)11-16(19)12-17-9-5-2-6-10-17/h1,3-4,7-8,11,16,18-19H,2,5-6,9-10,12-13H2/b15-11+/t16-/m1/s1. The van der Waals surface area contributed by atoms with Gasteiger partial charge < -0.3 is 15.1 Å². The van der Waals surface area contributed by atoms with Crippen LogP contribution < -0.4 is 0 Å². The van der Waals surface area contributed by atoms with E-state index in [0.717, 1.165) is 24.2 Å². The smallest absolute Gasteiger partial charge is 0.0854 e. The van der Waals surface area contributed by atoms with Crippen molar-refractivity contribution in [3.63, 3.8) is 0 Å². The number of nitrogens with zero attached hydrogens (tertiary/aromatic N) is 1. The lowest BCUT2D eigenvalue weighted by atomic mass is 10.0. The van der Waals surface area contributed by atoms with Gasteiger partial charge in [0.25, 0.3) is 0 Å². The molecule has 19 heavy (non-hydrogen) atoms. The zero-order valence-corrected chi connectivity index (χ0v) is 11.3. The Morgan fingerprint density at radius 2 is 1.84 bits per heavy atom. The summed E-state index contributed by atoms with van der Waals surface area (Å²) >= 11 is 0. The van der Waals surface area contributed by atoms with Gasteiger partial charge in [-0.1, -0.05) is 36.8 Å². The number of likely N-dealkylation sites (tertiary alicyclic amines) is 1. The fourth-order valence-electron chi connectivity index (χ4n) is 2.58. The average Bonchev–Trinajstić information content (AvgIpc) is 2.47. The molecule has 2 N–H and O–H groups in total. The highest BCUT2D eigenvalue weighted by Gasteiger charge is 2.13. The van der Waals surface area contributed by atoms with Gasteiger partial charge in [-0.15, -0.1) is 0 Å². The van der Waals surface area contributed by atoms with Crippen molar-refractivity contribution in [1.29, 1.82) is 0 Å². The number of benzene rings is 1. The Bertz CT molecular complexity index is 396. The Kier molecular flexibility index (Phi) is 5.58. The number of rotatable bonds is 5. The molecule has 1 aliphatic heterocycles. The van der Waals surface area contributed by atoms with E-state index >= 15 is 0 Å². The fraction of sp³-hybridized carbons (Fsp3) is 0.500. The lowest BCUT2D eigenvalue weighted by Crippen LogP contribution is -2.35. The molecule has 1 atom stereocenters. The molecule has 0 saturated carbocycles. The van der Waals surface area contributed by atoms with Crippen LogP contribution in [0, 0.1) is 0 Å². The topological polar surface area (TPSA) is 43.7 Å². The molecular formula is C16H23NO2. The first-order chi connectivity index (χ1) is 9.29. The third kappa shape index (κ3) is 4.46. The van der Waals surface area contributed by atoms with Gasteiger partial charge in [-0.05, 0) is 43.1 Å². The van der Waals surface area contributed by atoms with Gasteiger partial charge in [0.1, 0.15) is 0 Å². The van der Waals surface area contributed by atoms with Crippen molar-refractivity contribution in [3.05, 3.63) is 42.0 Å². The van der Waals surface area contributed by atoms with Crippen LogP contribution in [0.1, 0.15) is 24.8 Å². The predicted molar refractivity (Wildman–Crippen MR) is 77.8 cm³/mol. The van der Waals surface area contributed by atoms with Crippen molar-refractivity contribution in [2.75, 3.05) is 26.2 Å². The molecule has 104 valence electrons. The van der Waals surface area contributed by atoms with Gasteiger partial charge >= 0.3 is 0 Å². The maximum atomic E-state index is 10.1. The molecule has 0 amide bonds. The first-order valence-corrected chi connectivity index (χ1v) is 7.07. The van der Waals surface area contributed by atoms with Gasteiger partial charge in [0.05, 0.1) is 12.7 Å². The number of aliphatic hydroxyl groups excluding tert-OH is 2. The molecular weight excluding hydrogens is 238 g/mol. The number of hydrogen-bond acceptors (Lipinski definition) is 3. The molecule has 1 fully saturated rings. The zero-order chi connectivity index (χ0) is 13.5. The van der Waals surface area contributed by atoms with E-state index in [9.17, 15) is 10.2 Å². The van der Waals surface area contributed by atoms with Gasteiger partial charge in [0, 0.05) is 6.54 Å². The number of piperidine rings is 1. The third-order valence-corrected chi connectivity index (χ3v) is 3.60. The van der Waals surface area contributed by atoms with E-state index in [0.29, 0.717) is 6.54 Å². The molecule has 3 heteroatoms. The second kappa shape index (κ2) is 7.43. The van der Waals surface area contributed by atoms with E-state index < -0.39 is 6.10 Å². The largest absolute Gasteiger partial charge is 0.392 e. The number of hydrogen-bond donors (Lipinski definition) is 2. The SMILES string of the molecule is OC/C(=C\[C@@H](O)CN1CCCCC1)c1ccccc1. The summed E-state index contributed by atoms with van der Waals surface area (Å²) in [4.78, 5) is 2.30. The molecule has 3 nitrogen and oxygen atoms in total. The molecule has 0 unspecified atom stereocenters. The molecule has 1 aromatic carbocycles. The van der Waals surface area contributed by atoms with Crippen LogP contribution in [-0.4, -0.2) is 47.5 Å². The Morgan fingerprint density at radius 3 is 2.47 bits per heavy atom. The first-order valence-electron chi connectivity index (χ1n) is 7.07. The van der Waals surface area contributed by atoms with E-state index in [1.807, 2.05) is 30.3 Å². The lowest BCUT2D eigenvalue weighted by Gasteiger charge is -2.27. The third-order valence-electron chi connectivity index (χ3n) is 3.60. The molecule has 1 heterocycles. The van der Waals surface area contributed by atoms with Crippen LogP contribution in [0.3, 0.4) is 0 Å². The van der Waals surface area contributed by atoms with E-state index in [1.54, 1.807) is 6.08 Å². The van der Waals surface area contributed by atoms with Gasteiger partial charge in [-0.3, -0.25) is 0 Å². The summed E-state index contributed by atoms with van der Waals surface area (Å²) in [6.07, 6.45) is 5.02. The lowest BCUT2D eigenvalue weighted by molar-refractivity contribution is 0.131. The summed E-state index contributed by atoms with van der Waals surface area (Å²) in [6, 6.07) is 9.74. The summed E-state index contributed by atoms with van der Waals surface area (Å²) in [5.74, 6) is 0. The van der Waals surface area contributed by atoms with Crippen LogP contribution in [-0.2, 0) is 0 Å². The maximum Gasteiger partial charge on any atom is 0.0854 e. The molecule has 0 spiro atoms. The predicted octanol–water partition coefficient (Wildman–Crippen LogP) is 1.91. The first kappa shape index (κ1) is 14.3. The van der Waals surface area contributed by atoms with Crippen LogP contribution in [0.4, 0.5) is 0 Å². The number of aliphatic hydroxyl groups is 2. The normalized spacial score (nSPS) is 19.4. The quantitative estimate of drug-likeness (QED) is 0.851. The van der Waals surface area contributed by atoms with Gasteiger partial charge in [0.15, 0.2) is 0 Å². The average molecular weight is 261 g/mol. The molecule has 0 bridgehead atoms. The molecule has 1 saturated heterocycles. The highest BCUT2D eigenvalue weighted by Crippen LogP contribution is 2.15. The fourth-order valence-corrected chi connectivity index (χ4v) is 2.58. The monoisotopic (exact) mass is 261 g/mol. The van der Waals surface area contributed by atoms with E-state index in [2.05, 4.69) is 4.90 Å². The number of β-amino-alcohol motifs (C(OH)–C–C–N with tert-alkyl or cyclic N) is 1. The Hall–Kier alpha value is -1.16. The molecule has 0 aliphatic carbocycles. The second-order valence-electron chi connectivity index (χ2n) is 5.14. The summed E-state index contributed by atoms with van der Waals surface area (Å²) in [6.45, 7) is 2.77. The summed E-state index contributed by atoms with van der Waals surface area (Å²) in [5.41, 5.74) is 1.77. The second-order valence-corrected chi connectivity index (χ2v) is 5.14. The van der Waals surface area contributed by atoms with E-state index in [4.69, 9.17) is 0 Å². The Balaban J connectivity index is 1.97. The van der Waals surface area contributed by atoms with Crippen molar-refractivity contribution in [2.45, 2.75) is 25.4 Å². The van der Waals surface area contributed by atoms with E-state index in [-0.39, 0.29) is 6.61 Å². The van der Waals surface area contributed by atoms with Gasteiger partial charge in [0.2, 0.25) is 0 Å². The van der Waals surface area contributed by atoms with Crippen LogP contribution >= 0.6 is 0 Å². The highest BCUT2D eigenvalue weighted by molar-refractivity contribution is 5.66. The van der Waals surface area contributed by atoms with Crippen LogP contribution in [0.15, 0.2) is 36.4 Å². The minimum absolute atomic E-state index is 0.0406. The molecule has 1 aliphatic rings. The van der Waals surface area contributed by atoms with E-state index in [1.165, 1.54) is 19.3 Å². The Morgan fingerprint density at radius 1 is 1.16 bits per heavy atom. The zero-order valence-electron chi connectivity index (χ0n) is 11.3. The summed E-state index contributed by atoms with van der Waals surface area (Å²) in [7, 11) is 0. The van der Waals surface area contributed by atoms with Crippen molar-refractivity contribution in [1.82, 2.24) is 4.90 Å². The minimum atomic E-state index is -0.513. The van der Waals surface area contributed by atoms with Crippen molar-refractivity contribution in [3.8, 4) is 0 Å². The van der Waals surface area contributed by atoms with Crippen LogP contribution in [0.5, 0.6) is 0 Å². The highest BCUT2D eigenvalue weighted by atomic mass is 16.3. The van der Waals surface area contributed by atoms with Crippen molar-refractivity contribution in [2.24, 2.45) is 0 Å². The maximum absolute atomic E-state index is 10.1. The molecule has 0 aromatic heterocycles. The Labute approximate surface area is 115 Å². The minimum Gasteiger partial charge on any atom is -0.392 e. The molecule has 0 radical (unpaired) electrons. The van der Waals surface area contributed by atoms with Crippen LogP contribution in [0.25, 0.3) is 5.57 Å². The molecule has 1 aromatic rings. The molecule has 2 rings (SSSR count). The van der Waals surface area contributed by atoms with Crippen molar-refractivity contribution < 1.29 is 10.2 Å².